The van der Waals surface area contributed by atoms with E-state index in [9.17, 15) is 0 Å². The summed E-state index contributed by atoms with van der Waals surface area (Å²) in [6.07, 6.45) is 0. The van der Waals surface area contributed by atoms with E-state index in [1.54, 1.807) is 12.0 Å². The molecule has 0 fully saturated rings. The molecule has 0 saturated heterocycles. The molecule has 52 valence electrons. The molecule has 1 aromatic heterocycles. The van der Waals surface area contributed by atoms with Gasteiger partial charge in [-0.1, -0.05) is 0 Å². The molecule has 0 atom stereocenters. The van der Waals surface area contributed by atoms with Gasteiger partial charge in [-0.3, -0.25) is 0 Å². The zero-order valence-electron chi connectivity index (χ0n) is 7.56. The van der Waals surface area contributed by atoms with Gasteiger partial charge in [-0.2, -0.15) is 0 Å². The van der Waals surface area contributed by atoms with Crippen LogP contribution < -0.4 is 0 Å². The van der Waals surface area contributed by atoms with Crippen molar-refractivity contribution in [1.29, 1.82) is 0 Å². The summed E-state index contributed by atoms with van der Waals surface area (Å²) in [6.45, 7) is 21.1. The molecule has 0 aromatic carbocycles. The van der Waals surface area contributed by atoms with Gasteiger partial charge in [0.25, 0.3) is 0 Å². The zero-order valence-corrected chi connectivity index (χ0v) is 7.56. The Morgan fingerprint density at radius 2 is 1.85 bits per heavy atom. The summed E-state index contributed by atoms with van der Waals surface area (Å²) in [5.41, 5.74) is 1.07. The fourth-order valence-electron chi connectivity index (χ4n) is 1.02. The van der Waals surface area contributed by atoms with Gasteiger partial charge in [0.05, 0.1) is 0 Å². The first-order valence-corrected chi connectivity index (χ1v) is 4.13. The normalized spacial score (nSPS) is 8.77. The average molecular weight is 156 g/mol. The first-order chi connectivity index (χ1) is 6.38. The molecular weight excluding hydrogens is 150 g/mol. The van der Waals surface area contributed by atoms with Gasteiger partial charge in [0, 0.05) is 0 Å². The first-order valence-electron chi connectivity index (χ1n) is 4.13. The maximum atomic E-state index is 3.67. The van der Waals surface area contributed by atoms with Crippen molar-refractivity contribution in [2.24, 2.45) is 0 Å². The fraction of sp³-hybridized carbons (Fsp3) is 0. The van der Waals surface area contributed by atoms with Crippen LogP contribution in [-0.2, 0) is 0 Å². The maximum absolute atomic E-state index is 3.67. The molecule has 1 nitrogen and oxygen atoms in total. The summed E-state index contributed by atoms with van der Waals surface area (Å²) >= 11 is 0. The summed E-state index contributed by atoms with van der Waals surface area (Å²) < 4.78 is 2.02. The van der Waals surface area contributed by atoms with E-state index in [4.69, 9.17) is 0 Å². The molecular formula is C5H6B7N. The van der Waals surface area contributed by atoms with Crippen molar-refractivity contribution in [3.63, 3.8) is 0 Å². The number of hydrogen-bond donors (Lipinski definition) is 0. The third kappa shape index (κ3) is 3.45. The number of nitrogens with zero attached hydrogens (tertiary/aromatic N) is 1. The Morgan fingerprint density at radius 1 is 1.15 bits per heavy atom. The standard InChI is InChI=1S/C5H6B7N/c1-3-6-5(8-7-4-2)13-11-9-10-12-13/h3-4H,1-2H2. The van der Waals surface area contributed by atoms with Crippen LogP contribution in [-0.4, -0.2) is 57.6 Å². The predicted octanol–water partition coefficient (Wildman–Crippen LogP) is -1.91. The molecule has 13 heavy (non-hydrogen) atoms. The van der Waals surface area contributed by atoms with Crippen LogP contribution in [0.5, 0.6) is 0 Å². The van der Waals surface area contributed by atoms with E-state index in [-0.39, 0.29) is 0 Å². The summed E-state index contributed by atoms with van der Waals surface area (Å²) in [6, 6.07) is 0. The van der Waals surface area contributed by atoms with E-state index in [1.165, 1.54) is 0 Å². The SMILES string of the molecule is C=C/B=B\C(=B/C=C)n1bbbb1. The van der Waals surface area contributed by atoms with Crippen LogP contribution in [0, 0.1) is 0 Å². The molecule has 0 N–H and O–H groups in total. The van der Waals surface area contributed by atoms with E-state index >= 15 is 0 Å². The van der Waals surface area contributed by atoms with Crippen LogP contribution in [0.2, 0.25) is 0 Å². The molecule has 0 amide bonds. The summed E-state index contributed by atoms with van der Waals surface area (Å²) in [4.78, 5) is 0. The van der Waals surface area contributed by atoms with Gasteiger partial charge in [0.1, 0.15) is 0 Å². The Morgan fingerprint density at radius 3 is 2.38 bits per heavy atom. The molecule has 0 aliphatic carbocycles. The van der Waals surface area contributed by atoms with E-state index < -0.39 is 0 Å². The average Bonchev–Trinajstić information content (AvgIpc) is 2.65. The van der Waals surface area contributed by atoms with Gasteiger partial charge < -0.3 is 0 Å². The summed E-state index contributed by atoms with van der Waals surface area (Å²) in [7, 11) is 0. The van der Waals surface area contributed by atoms with Crippen LogP contribution in [0.3, 0.4) is 0 Å². The first kappa shape index (κ1) is 10.7. The second kappa shape index (κ2) is 6.12. The Balaban J connectivity index is 2.93. The van der Waals surface area contributed by atoms with Crippen LogP contribution in [0.25, 0.3) is 0 Å². The molecule has 1 aromatic rings. The molecule has 1 rings (SSSR count). The van der Waals surface area contributed by atoms with E-state index in [1.807, 2.05) is 52.2 Å². The molecule has 0 radical (unpaired) electrons. The molecule has 8 heteroatoms. The van der Waals surface area contributed by atoms with Crippen molar-refractivity contribution < 1.29 is 0 Å². The van der Waals surface area contributed by atoms with Gasteiger partial charge in [0.15, 0.2) is 0 Å². The summed E-state index contributed by atoms with van der Waals surface area (Å²) in [5, 5.41) is 0. The molecule has 0 bridgehead atoms. The van der Waals surface area contributed by atoms with Crippen molar-refractivity contribution in [2.45, 2.75) is 0 Å². The van der Waals surface area contributed by atoms with Crippen LogP contribution in [0.1, 0.15) is 0 Å². The fourth-order valence-corrected chi connectivity index (χ4v) is 1.02. The number of rotatable bonds is 4. The number of aromatic nitrogens is 1. The zero-order chi connectivity index (χ0) is 9.52. The molecule has 0 aliphatic rings. The second-order valence-corrected chi connectivity index (χ2v) is 2.51. The van der Waals surface area contributed by atoms with Gasteiger partial charge in [-0.25, -0.2) is 0 Å². The van der Waals surface area contributed by atoms with Crippen LogP contribution in [0.4, 0.5) is 0 Å². The van der Waals surface area contributed by atoms with Gasteiger partial charge in [0.2, 0.25) is 0 Å². The minimum absolute atomic E-state index is 1.07. The number of hydrogen-bond acceptors (Lipinski definition) is 0. The predicted molar refractivity (Wildman–Crippen MR) is 67.9 cm³/mol. The van der Waals surface area contributed by atoms with E-state index in [0.29, 0.717) is 0 Å². The van der Waals surface area contributed by atoms with Gasteiger partial charge in [-0.15, -0.1) is 0 Å². The van der Waals surface area contributed by atoms with Gasteiger partial charge >= 0.3 is 82.7 Å². The van der Waals surface area contributed by atoms with Gasteiger partial charge in [-0.05, 0) is 0 Å². The summed E-state index contributed by atoms with van der Waals surface area (Å²) in [5.74, 6) is 3.52. The monoisotopic (exact) mass is 157 g/mol. The Bertz CT molecular complexity index is 338. The third-order valence-electron chi connectivity index (χ3n) is 1.59. The molecule has 0 unspecified atom stereocenters. The Kier molecular flexibility index (Phi) is 5.03. The molecule has 0 saturated carbocycles. The van der Waals surface area contributed by atoms with E-state index in [2.05, 4.69) is 13.2 Å². The van der Waals surface area contributed by atoms with Crippen molar-refractivity contribution in [3.05, 3.63) is 25.1 Å². The molecule has 0 spiro atoms. The van der Waals surface area contributed by atoms with Crippen molar-refractivity contribution in [1.82, 2.24) is 4.38 Å². The van der Waals surface area contributed by atoms with Crippen LogP contribution >= 0.6 is 0 Å². The molecule has 0 aliphatic heterocycles. The topological polar surface area (TPSA) is 4.93 Å². The quantitative estimate of drug-likeness (QED) is 0.448. The van der Waals surface area contributed by atoms with Crippen molar-refractivity contribution in [3.8, 4) is 0 Å². The molecule has 1 heterocycles. The third-order valence-corrected chi connectivity index (χ3v) is 1.59. The van der Waals surface area contributed by atoms with E-state index in [0.717, 1.165) is 5.49 Å². The van der Waals surface area contributed by atoms with Crippen LogP contribution in [0.15, 0.2) is 25.1 Å². The Labute approximate surface area is 83.2 Å². The minimum atomic E-state index is 1.07. The second-order valence-electron chi connectivity index (χ2n) is 2.51. The Hall–Kier alpha value is -0.395. The van der Waals surface area contributed by atoms with Crippen molar-refractivity contribution >= 4 is 53.3 Å². The van der Waals surface area contributed by atoms with Crippen molar-refractivity contribution in [2.75, 3.05) is 0 Å².